The molecule has 1 saturated heterocycles. The van der Waals surface area contributed by atoms with Crippen molar-refractivity contribution in [2.75, 3.05) is 31.5 Å². The summed E-state index contributed by atoms with van der Waals surface area (Å²) in [5, 5.41) is 8.54. The summed E-state index contributed by atoms with van der Waals surface area (Å²) >= 11 is 0. The molecule has 10 nitrogen and oxygen atoms in total. The summed E-state index contributed by atoms with van der Waals surface area (Å²) < 4.78 is 3.24. The normalized spacial score (nSPS) is 14.5. The van der Waals surface area contributed by atoms with Gasteiger partial charge in [-0.05, 0) is 31.2 Å². The van der Waals surface area contributed by atoms with Gasteiger partial charge in [0.2, 0.25) is 11.8 Å². The molecule has 1 N–H and O–H groups in total. The van der Waals surface area contributed by atoms with Crippen molar-refractivity contribution in [3.05, 3.63) is 64.3 Å². The second kappa shape index (κ2) is 9.54. The molecule has 0 spiro atoms. The molecule has 5 rings (SSSR count). The number of fused-ring (bicyclic) bond motifs is 2. The van der Waals surface area contributed by atoms with Crippen LogP contribution in [0.4, 0.5) is 5.69 Å². The number of hydrogen-bond donors (Lipinski definition) is 1. The van der Waals surface area contributed by atoms with Crippen molar-refractivity contribution in [3.63, 3.8) is 0 Å². The minimum Gasteiger partial charge on any atom is -0.340 e. The van der Waals surface area contributed by atoms with E-state index >= 15 is 0 Å². The Morgan fingerprint density at radius 1 is 1.03 bits per heavy atom. The SMILES string of the molecule is CC(=O)N1CCN(Cc2nc3ccc(NC(=O)Cn4nc(C)c5ccccc5c4=O)cc3n2C)CC1. The minimum absolute atomic E-state index is 0.114. The van der Waals surface area contributed by atoms with E-state index < -0.39 is 0 Å². The fourth-order valence-electron chi connectivity index (χ4n) is 4.73. The number of carbonyl (C=O) groups excluding carboxylic acids is 2. The fourth-order valence-corrected chi connectivity index (χ4v) is 4.73. The first-order chi connectivity index (χ1) is 17.3. The first kappa shape index (κ1) is 23.7. The molecular formula is C26H29N7O3. The maximum absolute atomic E-state index is 12.8. The summed E-state index contributed by atoms with van der Waals surface area (Å²) in [7, 11) is 1.96. The summed E-state index contributed by atoms with van der Waals surface area (Å²) in [6, 6.07) is 12.8. The van der Waals surface area contributed by atoms with E-state index in [-0.39, 0.29) is 23.9 Å². The van der Waals surface area contributed by atoms with Crippen LogP contribution < -0.4 is 10.9 Å². The summed E-state index contributed by atoms with van der Waals surface area (Å²) in [6.07, 6.45) is 0. The van der Waals surface area contributed by atoms with Crippen molar-refractivity contribution in [1.82, 2.24) is 29.1 Å². The van der Waals surface area contributed by atoms with E-state index in [1.807, 2.05) is 53.8 Å². The topological polar surface area (TPSA) is 105 Å². The highest BCUT2D eigenvalue weighted by atomic mass is 16.2. The largest absolute Gasteiger partial charge is 0.340 e. The number of imidazole rings is 1. The van der Waals surface area contributed by atoms with Crippen molar-refractivity contribution in [1.29, 1.82) is 0 Å². The molecule has 0 unspecified atom stereocenters. The lowest BCUT2D eigenvalue weighted by Crippen LogP contribution is -2.47. The maximum Gasteiger partial charge on any atom is 0.275 e. The van der Waals surface area contributed by atoms with E-state index in [1.165, 1.54) is 4.68 Å². The van der Waals surface area contributed by atoms with Crippen molar-refractivity contribution in [3.8, 4) is 0 Å². The molecule has 0 saturated carbocycles. The zero-order valence-corrected chi connectivity index (χ0v) is 20.7. The van der Waals surface area contributed by atoms with Gasteiger partial charge >= 0.3 is 0 Å². The highest BCUT2D eigenvalue weighted by Gasteiger charge is 2.20. The Kier molecular flexibility index (Phi) is 6.27. The number of nitrogens with zero attached hydrogens (tertiary/aromatic N) is 6. The maximum atomic E-state index is 12.8. The quantitative estimate of drug-likeness (QED) is 0.461. The van der Waals surface area contributed by atoms with Crippen molar-refractivity contribution in [2.45, 2.75) is 26.9 Å². The molecule has 0 aliphatic carbocycles. The number of nitrogens with one attached hydrogen (secondary N) is 1. The number of benzene rings is 2. The molecule has 36 heavy (non-hydrogen) atoms. The molecule has 0 bridgehead atoms. The van der Waals surface area contributed by atoms with Gasteiger partial charge in [-0.3, -0.25) is 19.3 Å². The minimum atomic E-state index is -0.329. The lowest BCUT2D eigenvalue weighted by Gasteiger charge is -2.33. The molecule has 0 atom stereocenters. The summed E-state index contributed by atoms with van der Waals surface area (Å²) in [6.45, 7) is 7.02. The molecule has 1 aliphatic rings. The Labute approximate surface area is 208 Å². The van der Waals surface area contributed by atoms with Gasteiger partial charge in [-0.25, -0.2) is 9.67 Å². The molecular weight excluding hydrogens is 458 g/mol. The average Bonchev–Trinajstić information content (AvgIpc) is 3.17. The number of aryl methyl sites for hydroxylation is 2. The zero-order valence-electron chi connectivity index (χ0n) is 20.7. The van der Waals surface area contributed by atoms with Crippen LogP contribution in [0, 0.1) is 6.92 Å². The van der Waals surface area contributed by atoms with Gasteiger partial charge in [0.15, 0.2) is 0 Å². The first-order valence-electron chi connectivity index (χ1n) is 12.0. The van der Waals surface area contributed by atoms with E-state index in [2.05, 4.69) is 15.3 Å². The number of amides is 2. The number of aromatic nitrogens is 4. The molecule has 1 aliphatic heterocycles. The van der Waals surface area contributed by atoms with Crippen LogP contribution in [0.25, 0.3) is 21.8 Å². The summed E-state index contributed by atoms with van der Waals surface area (Å²) in [4.78, 5) is 46.1. The van der Waals surface area contributed by atoms with Crippen molar-refractivity contribution < 1.29 is 9.59 Å². The van der Waals surface area contributed by atoms with Crippen LogP contribution in [0.2, 0.25) is 0 Å². The number of carbonyl (C=O) groups is 2. The number of rotatable bonds is 5. The Hall–Kier alpha value is -4.05. The van der Waals surface area contributed by atoms with Gasteiger partial charge in [0, 0.05) is 51.2 Å². The highest BCUT2D eigenvalue weighted by Crippen LogP contribution is 2.21. The monoisotopic (exact) mass is 487 g/mol. The molecule has 2 amide bonds. The van der Waals surface area contributed by atoms with Gasteiger partial charge in [-0.15, -0.1) is 0 Å². The number of piperazine rings is 1. The fraction of sp³-hybridized carbons (Fsp3) is 0.346. The predicted octanol–water partition coefficient (Wildman–Crippen LogP) is 1.89. The summed E-state index contributed by atoms with van der Waals surface area (Å²) in [5.74, 6) is 0.708. The molecule has 2 aromatic heterocycles. The summed E-state index contributed by atoms with van der Waals surface area (Å²) in [5.41, 5.74) is 2.78. The van der Waals surface area contributed by atoms with Gasteiger partial charge in [-0.2, -0.15) is 5.10 Å². The van der Waals surface area contributed by atoms with E-state index in [9.17, 15) is 14.4 Å². The third kappa shape index (κ3) is 4.59. The number of hydrogen-bond acceptors (Lipinski definition) is 6. The molecule has 3 heterocycles. The predicted molar refractivity (Wildman–Crippen MR) is 138 cm³/mol. The van der Waals surface area contributed by atoms with Crippen molar-refractivity contribution in [2.24, 2.45) is 7.05 Å². The smallest absolute Gasteiger partial charge is 0.275 e. The Morgan fingerprint density at radius 3 is 2.47 bits per heavy atom. The Bertz CT molecular complexity index is 1530. The van der Waals surface area contributed by atoms with Crippen LogP contribution in [-0.4, -0.2) is 67.1 Å². The van der Waals surface area contributed by atoms with Crippen LogP contribution >= 0.6 is 0 Å². The second-order valence-electron chi connectivity index (χ2n) is 9.21. The zero-order chi connectivity index (χ0) is 25.4. The van der Waals surface area contributed by atoms with Gasteiger partial charge in [-0.1, -0.05) is 18.2 Å². The Balaban J connectivity index is 1.29. The third-order valence-corrected chi connectivity index (χ3v) is 6.79. The van der Waals surface area contributed by atoms with E-state index in [4.69, 9.17) is 4.98 Å². The molecule has 0 radical (unpaired) electrons. The van der Waals surface area contributed by atoms with Crippen LogP contribution in [0.1, 0.15) is 18.4 Å². The lowest BCUT2D eigenvalue weighted by atomic mass is 10.1. The molecule has 2 aromatic carbocycles. The van der Waals surface area contributed by atoms with Crippen LogP contribution in [0.3, 0.4) is 0 Å². The van der Waals surface area contributed by atoms with Crippen LogP contribution in [0.5, 0.6) is 0 Å². The van der Waals surface area contributed by atoms with Gasteiger partial charge in [0.1, 0.15) is 12.4 Å². The van der Waals surface area contributed by atoms with E-state index in [0.29, 0.717) is 23.3 Å². The van der Waals surface area contributed by atoms with Gasteiger partial charge < -0.3 is 14.8 Å². The van der Waals surface area contributed by atoms with Gasteiger partial charge in [0.25, 0.3) is 5.56 Å². The molecule has 10 heteroatoms. The standard InChI is InChI=1S/C26H29N7O3/c1-17-20-6-4-5-7-21(20)26(36)33(29-17)16-25(35)27-19-8-9-22-23(14-19)30(3)24(28-22)15-31-10-12-32(13-11-31)18(2)34/h4-9,14H,10-13,15-16H2,1-3H3,(H,27,35). The lowest BCUT2D eigenvalue weighted by molar-refractivity contribution is -0.130. The van der Waals surface area contributed by atoms with Crippen molar-refractivity contribution >= 4 is 39.3 Å². The third-order valence-electron chi connectivity index (χ3n) is 6.79. The first-order valence-corrected chi connectivity index (χ1v) is 12.0. The highest BCUT2D eigenvalue weighted by molar-refractivity contribution is 5.93. The molecule has 186 valence electrons. The van der Waals surface area contributed by atoms with Crippen LogP contribution in [0.15, 0.2) is 47.3 Å². The number of anilines is 1. The molecule has 1 fully saturated rings. The second-order valence-corrected chi connectivity index (χ2v) is 9.21. The van der Waals surface area contributed by atoms with Gasteiger partial charge in [0.05, 0.1) is 28.7 Å². The molecule has 4 aromatic rings. The average molecular weight is 488 g/mol. The van der Waals surface area contributed by atoms with E-state index in [0.717, 1.165) is 48.4 Å². The van der Waals surface area contributed by atoms with E-state index in [1.54, 1.807) is 19.1 Å². The Morgan fingerprint density at radius 2 is 1.75 bits per heavy atom. The van der Waals surface area contributed by atoms with Crippen LogP contribution in [-0.2, 0) is 29.7 Å².